The first-order valence-corrected chi connectivity index (χ1v) is 15.2. The molecule has 2 rings (SSSR count). The smallest absolute Gasteiger partial charge is 0.0969 e. The topological polar surface area (TPSA) is 20.2 Å². The molecule has 0 saturated carbocycles. The average molecular weight is 551 g/mol. The largest absolute Gasteiger partial charge is 0.384 e. The highest BCUT2D eigenvalue weighted by molar-refractivity contribution is 5.40. The molecule has 41 heavy (non-hydrogen) atoms. The van der Waals surface area contributed by atoms with Crippen LogP contribution in [0.5, 0.6) is 0 Å². The highest BCUT2D eigenvalue weighted by Gasteiger charge is 2.27. The van der Waals surface area contributed by atoms with Crippen LogP contribution in [-0.4, -0.2) is 11.2 Å². The van der Waals surface area contributed by atoms with Gasteiger partial charge in [0.25, 0.3) is 0 Å². The first kappa shape index (κ1) is 34.1. The zero-order valence-electron chi connectivity index (χ0n) is 27.3. The Morgan fingerprint density at radius 1 is 0.756 bits per heavy atom. The lowest BCUT2D eigenvalue weighted by atomic mass is 9.72. The van der Waals surface area contributed by atoms with E-state index >= 15 is 0 Å². The van der Waals surface area contributed by atoms with Gasteiger partial charge in [0.2, 0.25) is 0 Å². The van der Waals surface area contributed by atoms with Crippen molar-refractivity contribution in [2.75, 3.05) is 0 Å². The number of hydrogen-bond acceptors (Lipinski definition) is 1. The Morgan fingerprint density at radius 3 is 1.76 bits per heavy atom. The van der Waals surface area contributed by atoms with Gasteiger partial charge in [0.05, 0.1) is 6.10 Å². The predicted octanol–water partition coefficient (Wildman–Crippen LogP) is 11.0. The summed E-state index contributed by atoms with van der Waals surface area (Å²) in [6, 6.07) is 0. The molecular weight excluding hydrogens is 496 g/mol. The zero-order valence-corrected chi connectivity index (χ0v) is 27.3. The number of rotatable bonds is 9. The second-order valence-electron chi connectivity index (χ2n) is 13.2. The molecule has 1 nitrogen and oxygen atoms in total. The van der Waals surface area contributed by atoms with Crippen molar-refractivity contribution < 1.29 is 5.11 Å². The highest BCUT2D eigenvalue weighted by Crippen LogP contribution is 2.41. The third kappa shape index (κ3) is 11.4. The number of aliphatic hydroxyl groups excluding tert-OH is 1. The molecule has 2 aliphatic rings. The van der Waals surface area contributed by atoms with Gasteiger partial charge in [0, 0.05) is 0 Å². The van der Waals surface area contributed by atoms with Gasteiger partial charge in [0.15, 0.2) is 0 Å². The van der Waals surface area contributed by atoms with Gasteiger partial charge in [-0.3, -0.25) is 0 Å². The van der Waals surface area contributed by atoms with E-state index in [1.165, 1.54) is 60.0 Å². The van der Waals surface area contributed by atoms with Crippen LogP contribution in [0.15, 0.2) is 118 Å². The van der Waals surface area contributed by atoms with Crippen molar-refractivity contribution in [1.29, 1.82) is 0 Å². The van der Waals surface area contributed by atoms with Gasteiger partial charge in [-0.25, -0.2) is 0 Å². The van der Waals surface area contributed by atoms with Gasteiger partial charge >= 0.3 is 0 Å². The summed E-state index contributed by atoms with van der Waals surface area (Å²) in [5.41, 5.74) is 10.3. The van der Waals surface area contributed by atoms with Crippen molar-refractivity contribution in [2.24, 2.45) is 10.8 Å². The molecule has 0 aromatic rings. The summed E-state index contributed by atoms with van der Waals surface area (Å²) in [6.45, 7) is 24.1. The molecule has 1 unspecified atom stereocenters. The van der Waals surface area contributed by atoms with Crippen LogP contribution in [0.3, 0.4) is 0 Å². The van der Waals surface area contributed by atoms with Crippen molar-refractivity contribution in [3.63, 3.8) is 0 Å². The number of aliphatic hydroxyl groups is 1. The van der Waals surface area contributed by atoms with E-state index in [-0.39, 0.29) is 10.8 Å². The molecule has 0 aromatic carbocycles. The number of hydrogen-bond donors (Lipinski definition) is 1. The van der Waals surface area contributed by atoms with Crippen LogP contribution in [-0.2, 0) is 0 Å². The molecule has 1 atom stereocenters. The lowest BCUT2D eigenvalue weighted by Gasteiger charge is -2.33. The first-order valence-electron chi connectivity index (χ1n) is 15.2. The Morgan fingerprint density at radius 2 is 1.24 bits per heavy atom. The predicted molar refractivity (Wildman–Crippen MR) is 181 cm³/mol. The van der Waals surface area contributed by atoms with Gasteiger partial charge < -0.3 is 5.11 Å². The quantitative estimate of drug-likeness (QED) is 0.224. The van der Waals surface area contributed by atoms with E-state index in [9.17, 15) is 5.11 Å². The summed E-state index contributed by atoms with van der Waals surface area (Å²) in [7, 11) is 0. The van der Waals surface area contributed by atoms with Gasteiger partial charge in [-0.05, 0) is 124 Å². The molecule has 0 heterocycles. The van der Waals surface area contributed by atoms with Crippen molar-refractivity contribution in [1.82, 2.24) is 0 Å². The van der Waals surface area contributed by atoms with Crippen LogP contribution in [0, 0.1) is 22.7 Å². The van der Waals surface area contributed by atoms with Crippen LogP contribution < -0.4 is 0 Å². The summed E-state index contributed by atoms with van der Waals surface area (Å²) in [4.78, 5) is 0. The van der Waals surface area contributed by atoms with E-state index in [1.807, 2.05) is 31.2 Å². The normalized spacial score (nSPS) is 21.4. The van der Waals surface area contributed by atoms with Crippen molar-refractivity contribution in [3.8, 4) is 11.8 Å². The Bertz CT molecular complexity index is 1290. The van der Waals surface area contributed by atoms with E-state index in [0.29, 0.717) is 5.57 Å². The van der Waals surface area contributed by atoms with E-state index in [2.05, 4.69) is 110 Å². The van der Waals surface area contributed by atoms with E-state index in [0.717, 1.165) is 17.6 Å². The first-order chi connectivity index (χ1) is 19.2. The summed E-state index contributed by atoms with van der Waals surface area (Å²) < 4.78 is 0. The molecule has 1 heteroatoms. The fraction of sp³-hybridized carbons (Fsp3) is 0.450. The molecule has 0 aromatic heterocycles. The molecule has 1 N–H and O–H groups in total. The monoisotopic (exact) mass is 550 g/mol. The SMILES string of the molecule is C=C(/C=C/C1=C(C)CCCC1(C)C)C(O)/C=C/C(C)=C/C#C/C=C(C)/C=C/C=C(C)/C=C/C1=C(C)CCCC1(C)C. The summed E-state index contributed by atoms with van der Waals surface area (Å²) in [5.74, 6) is 6.19. The minimum atomic E-state index is -0.719. The minimum Gasteiger partial charge on any atom is -0.384 e. The van der Waals surface area contributed by atoms with Crippen LogP contribution in [0.1, 0.15) is 101 Å². The Labute approximate surface area is 252 Å². The lowest BCUT2D eigenvalue weighted by molar-refractivity contribution is 0.263. The lowest BCUT2D eigenvalue weighted by Crippen LogP contribution is -2.19. The maximum absolute atomic E-state index is 10.5. The van der Waals surface area contributed by atoms with Gasteiger partial charge in [-0.15, -0.1) is 0 Å². The van der Waals surface area contributed by atoms with Crippen molar-refractivity contribution >= 4 is 0 Å². The maximum atomic E-state index is 10.5. The third-order valence-corrected chi connectivity index (χ3v) is 8.38. The zero-order chi connectivity index (χ0) is 30.6. The van der Waals surface area contributed by atoms with Gasteiger partial charge in [-0.1, -0.05) is 118 Å². The van der Waals surface area contributed by atoms with E-state index in [1.54, 1.807) is 6.08 Å². The van der Waals surface area contributed by atoms with Crippen LogP contribution >= 0.6 is 0 Å². The summed E-state index contributed by atoms with van der Waals surface area (Å²) in [6.07, 6.45) is 29.1. The highest BCUT2D eigenvalue weighted by atomic mass is 16.3. The molecule has 0 amide bonds. The molecule has 0 bridgehead atoms. The molecule has 0 saturated heterocycles. The molecule has 0 spiro atoms. The summed E-state index contributed by atoms with van der Waals surface area (Å²) >= 11 is 0. The molecule has 0 aliphatic heterocycles. The Balaban J connectivity index is 1.91. The van der Waals surface area contributed by atoms with Gasteiger partial charge in [0.1, 0.15) is 0 Å². The summed E-state index contributed by atoms with van der Waals surface area (Å²) in [5, 5.41) is 10.5. The molecule has 0 radical (unpaired) electrons. The minimum absolute atomic E-state index is 0.177. The van der Waals surface area contributed by atoms with Crippen LogP contribution in [0.2, 0.25) is 0 Å². The average Bonchev–Trinajstić information content (AvgIpc) is 2.88. The van der Waals surface area contributed by atoms with Crippen LogP contribution in [0.4, 0.5) is 0 Å². The second-order valence-corrected chi connectivity index (χ2v) is 13.2. The molecule has 2 aliphatic carbocycles. The Hall–Kier alpha value is -3.08. The third-order valence-electron chi connectivity index (χ3n) is 8.38. The van der Waals surface area contributed by atoms with E-state index < -0.39 is 6.10 Å². The Kier molecular flexibility index (Phi) is 13.1. The van der Waals surface area contributed by atoms with Crippen LogP contribution in [0.25, 0.3) is 0 Å². The fourth-order valence-corrected chi connectivity index (χ4v) is 5.71. The molecule has 220 valence electrons. The maximum Gasteiger partial charge on any atom is 0.0969 e. The van der Waals surface area contributed by atoms with Gasteiger partial charge in [-0.2, -0.15) is 0 Å². The van der Waals surface area contributed by atoms with E-state index in [4.69, 9.17) is 0 Å². The fourth-order valence-electron chi connectivity index (χ4n) is 5.71. The standard InChI is InChI=1S/C40H54O/c1-30(18-13-19-32(3)22-25-36-33(4)20-14-28-39(36,7)8)16-11-12-17-31(2)23-27-38(41)35(6)24-26-37-34(5)21-15-29-40(37,9)10/h13,16-19,22-27,38,41H,6,14-15,20-21,28-29H2,1-5,7-10H3/b18-13+,25-22+,26-24+,27-23+,30-16+,31-17+,32-19+. The second kappa shape index (κ2) is 15.8. The molecule has 0 fully saturated rings. The molecular formula is C40H54O. The van der Waals surface area contributed by atoms with Crippen molar-refractivity contribution in [3.05, 3.63) is 118 Å². The van der Waals surface area contributed by atoms with Crippen molar-refractivity contribution in [2.45, 2.75) is 107 Å². The number of allylic oxidation sites excluding steroid dienone is 16.